The van der Waals surface area contributed by atoms with E-state index in [1.54, 1.807) is 28.9 Å². The third-order valence-electron chi connectivity index (χ3n) is 2.45. The number of benzene rings is 1. The Morgan fingerprint density at radius 2 is 2.10 bits per heavy atom. The normalized spacial score (nSPS) is 12.5. The van der Waals surface area contributed by atoms with Crippen molar-refractivity contribution in [2.75, 3.05) is 19.0 Å². The van der Waals surface area contributed by atoms with Crippen molar-refractivity contribution in [2.45, 2.75) is 18.2 Å². The smallest absolute Gasteiger partial charge is 0.214 e. The molecule has 0 aliphatic heterocycles. The van der Waals surface area contributed by atoms with Gasteiger partial charge in [-0.2, -0.15) is 4.68 Å². The molecule has 0 aliphatic rings. The summed E-state index contributed by atoms with van der Waals surface area (Å²) in [5.74, 6) is 0.626. The van der Waals surface area contributed by atoms with E-state index in [1.807, 2.05) is 6.92 Å². The first-order chi connectivity index (χ1) is 9.70. The van der Waals surface area contributed by atoms with Crippen LogP contribution in [-0.2, 0) is 4.74 Å². The summed E-state index contributed by atoms with van der Waals surface area (Å²) in [6.45, 7) is 2.75. The van der Waals surface area contributed by atoms with E-state index in [1.165, 1.54) is 11.8 Å². The molecule has 0 saturated heterocycles. The summed E-state index contributed by atoms with van der Waals surface area (Å²) < 4.78 is 6.70. The van der Waals surface area contributed by atoms with Gasteiger partial charge in [0, 0.05) is 12.4 Å². The molecule has 0 aliphatic carbocycles. The van der Waals surface area contributed by atoms with Gasteiger partial charge < -0.3 is 14.9 Å². The predicted octanol–water partition coefficient (Wildman–Crippen LogP) is 0.857. The van der Waals surface area contributed by atoms with Crippen LogP contribution >= 0.6 is 11.8 Å². The van der Waals surface area contributed by atoms with E-state index >= 15 is 0 Å². The highest BCUT2D eigenvalue weighted by atomic mass is 32.2. The van der Waals surface area contributed by atoms with Crippen molar-refractivity contribution >= 4 is 11.8 Å². The number of rotatable bonds is 7. The second-order valence-electron chi connectivity index (χ2n) is 4.01. The number of aliphatic hydroxyl groups is 1. The van der Waals surface area contributed by atoms with Crippen molar-refractivity contribution in [1.82, 2.24) is 20.2 Å². The fourth-order valence-corrected chi connectivity index (χ4v) is 2.29. The molecule has 1 atom stereocenters. The van der Waals surface area contributed by atoms with Crippen LogP contribution in [0.3, 0.4) is 0 Å². The number of hydrogen-bond acceptors (Lipinski definition) is 7. The first-order valence-corrected chi connectivity index (χ1v) is 7.15. The molecule has 0 amide bonds. The third-order valence-corrected chi connectivity index (χ3v) is 3.52. The molecule has 7 nitrogen and oxygen atoms in total. The molecule has 0 fully saturated rings. The molecule has 1 aromatic heterocycles. The van der Waals surface area contributed by atoms with Crippen molar-refractivity contribution in [3.8, 4) is 11.4 Å². The molecule has 2 N–H and O–H groups in total. The van der Waals surface area contributed by atoms with Gasteiger partial charge in [-0.1, -0.05) is 11.8 Å². The summed E-state index contributed by atoms with van der Waals surface area (Å²) in [5, 5.41) is 31.0. The minimum absolute atomic E-state index is 0.183. The maximum absolute atomic E-state index is 9.72. The van der Waals surface area contributed by atoms with E-state index in [2.05, 4.69) is 15.5 Å². The minimum atomic E-state index is -0.565. The number of phenols is 1. The number of tetrazole rings is 1. The first-order valence-electron chi connectivity index (χ1n) is 6.17. The van der Waals surface area contributed by atoms with E-state index in [0.717, 1.165) is 5.69 Å². The van der Waals surface area contributed by atoms with Gasteiger partial charge in [0.2, 0.25) is 5.16 Å². The summed E-state index contributed by atoms with van der Waals surface area (Å²) in [4.78, 5) is 0. The fraction of sp³-hybridized carbons (Fsp3) is 0.417. The molecule has 20 heavy (non-hydrogen) atoms. The summed E-state index contributed by atoms with van der Waals surface area (Å²) in [7, 11) is 0. The van der Waals surface area contributed by atoms with Gasteiger partial charge in [-0.25, -0.2) is 0 Å². The number of phenolic OH excluding ortho intramolecular Hbond substituents is 1. The highest BCUT2D eigenvalue weighted by Gasteiger charge is 2.12. The lowest BCUT2D eigenvalue weighted by Gasteiger charge is -2.09. The third kappa shape index (κ3) is 3.92. The van der Waals surface area contributed by atoms with Crippen LogP contribution in [0.1, 0.15) is 6.92 Å². The molecule has 8 heteroatoms. The monoisotopic (exact) mass is 296 g/mol. The van der Waals surface area contributed by atoms with E-state index < -0.39 is 6.10 Å². The highest BCUT2D eigenvalue weighted by molar-refractivity contribution is 7.99. The Morgan fingerprint density at radius 1 is 1.35 bits per heavy atom. The molecule has 0 saturated carbocycles. The van der Waals surface area contributed by atoms with Gasteiger partial charge in [0.25, 0.3) is 0 Å². The van der Waals surface area contributed by atoms with Crippen LogP contribution in [0.25, 0.3) is 5.69 Å². The number of ether oxygens (including phenoxy) is 1. The highest BCUT2D eigenvalue weighted by Crippen LogP contribution is 2.20. The van der Waals surface area contributed by atoms with E-state index in [9.17, 15) is 10.2 Å². The van der Waals surface area contributed by atoms with Crippen molar-refractivity contribution < 1.29 is 14.9 Å². The molecule has 1 heterocycles. The van der Waals surface area contributed by atoms with Crippen LogP contribution in [0.5, 0.6) is 5.75 Å². The quantitative estimate of drug-likeness (QED) is 0.732. The van der Waals surface area contributed by atoms with Crippen LogP contribution in [0, 0.1) is 0 Å². The largest absolute Gasteiger partial charge is 0.508 e. The van der Waals surface area contributed by atoms with Crippen molar-refractivity contribution in [2.24, 2.45) is 0 Å². The van der Waals surface area contributed by atoms with Gasteiger partial charge >= 0.3 is 0 Å². The van der Waals surface area contributed by atoms with Gasteiger partial charge in [0.05, 0.1) is 18.4 Å². The van der Waals surface area contributed by atoms with Crippen LogP contribution < -0.4 is 0 Å². The standard InChI is InChI=1S/C12H16N4O3S/c1-2-19-7-11(18)8-20-12-13-14-15-16(12)9-3-5-10(17)6-4-9/h3-6,11,17-18H,2,7-8H2,1H3. The number of aromatic hydroxyl groups is 1. The van der Waals surface area contributed by atoms with Crippen molar-refractivity contribution in [1.29, 1.82) is 0 Å². The molecule has 108 valence electrons. The Hall–Kier alpha value is -1.64. The van der Waals surface area contributed by atoms with Crippen LogP contribution in [-0.4, -0.2) is 55.5 Å². The van der Waals surface area contributed by atoms with Crippen molar-refractivity contribution in [3.05, 3.63) is 24.3 Å². The summed E-state index contributed by atoms with van der Waals surface area (Å²) >= 11 is 1.35. The van der Waals surface area contributed by atoms with Crippen LogP contribution in [0.2, 0.25) is 0 Å². The first kappa shape index (κ1) is 14.8. The fourth-order valence-electron chi connectivity index (χ4n) is 1.50. The molecule has 0 bridgehead atoms. The molecule has 2 aromatic rings. The Kier molecular flexibility index (Phi) is 5.33. The van der Waals surface area contributed by atoms with Gasteiger partial charge in [0.1, 0.15) is 5.75 Å². The summed E-state index contributed by atoms with van der Waals surface area (Å²) in [5.41, 5.74) is 0.745. The number of aromatic nitrogens is 4. The lowest BCUT2D eigenvalue weighted by Crippen LogP contribution is -2.18. The zero-order chi connectivity index (χ0) is 14.4. The Balaban J connectivity index is 2.00. The van der Waals surface area contributed by atoms with Crippen LogP contribution in [0.15, 0.2) is 29.4 Å². The van der Waals surface area contributed by atoms with E-state index in [4.69, 9.17) is 4.74 Å². The number of hydrogen-bond donors (Lipinski definition) is 2. The predicted molar refractivity (Wildman–Crippen MR) is 74.0 cm³/mol. The minimum Gasteiger partial charge on any atom is -0.508 e. The van der Waals surface area contributed by atoms with Gasteiger partial charge in [0.15, 0.2) is 0 Å². The molecule has 0 radical (unpaired) electrons. The summed E-state index contributed by atoms with van der Waals surface area (Å²) in [6.07, 6.45) is -0.565. The molecule has 2 rings (SSSR count). The van der Waals surface area contributed by atoms with E-state index in [-0.39, 0.29) is 5.75 Å². The maximum Gasteiger partial charge on any atom is 0.214 e. The molecule has 0 spiro atoms. The van der Waals surface area contributed by atoms with Crippen molar-refractivity contribution in [3.63, 3.8) is 0 Å². The topological polar surface area (TPSA) is 93.3 Å². The maximum atomic E-state index is 9.72. The second kappa shape index (κ2) is 7.22. The number of thioether (sulfide) groups is 1. The second-order valence-corrected chi connectivity index (χ2v) is 5.00. The molecular weight excluding hydrogens is 280 g/mol. The SMILES string of the molecule is CCOCC(O)CSc1nnnn1-c1ccc(O)cc1. The Morgan fingerprint density at radius 3 is 2.80 bits per heavy atom. The zero-order valence-corrected chi connectivity index (χ0v) is 11.8. The lowest BCUT2D eigenvalue weighted by molar-refractivity contribution is 0.0551. The van der Waals surface area contributed by atoms with Gasteiger partial charge in [-0.3, -0.25) is 0 Å². The average molecular weight is 296 g/mol. The average Bonchev–Trinajstić information content (AvgIpc) is 2.92. The summed E-state index contributed by atoms with van der Waals surface area (Å²) in [6, 6.07) is 6.56. The zero-order valence-electron chi connectivity index (χ0n) is 11.0. The van der Waals surface area contributed by atoms with Gasteiger partial charge in [-0.05, 0) is 41.6 Å². The Labute approximate surface area is 120 Å². The Bertz CT molecular complexity index is 532. The van der Waals surface area contributed by atoms with Gasteiger partial charge in [-0.15, -0.1) is 5.10 Å². The molecular formula is C12H16N4O3S. The van der Waals surface area contributed by atoms with Crippen LogP contribution in [0.4, 0.5) is 0 Å². The van der Waals surface area contributed by atoms with E-state index in [0.29, 0.717) is 24.1 Å². The lowest BCUT2D eigenvalue weighted by atomic mass is 10.3. The number of nitrogens with zero attached hydrogens (tertiary/aromatic N) is 4. The number of aliphatic hydroxyl groups excluding tert-OH is 1. The molecule has 1 unspecified atom stereocenters. The molecule has 1 aromatic carbocycles.